The van der Waals surface area contributed by atoms with Crippen molar-refractivity contribution in [3.05, 3.63) is 133 Å². The molecule has 8 rings (SSSR count). The second-order valence-corrected chi connectivity index (χ2v) is 15.4. The van der Waals surface area contributed by atoms with Crippen LogP contribution < -0.4 is 10.3 Å². The fourth-order valence-corrected chi connectivity index (χ4v) is 9.43. The van der Waals surface area contributed by atoms with Gasteiger partial charge in [-0.2, -0.15) is 5.01 Å². The van der Waals surface area contributed by atoms with Crippen LogP contribution in [0.5, 0.6) is 5.75 Å². The first-order valence-corrected chi connectivity index (χ1v) is 18.1. The molecule has 0 bridgehead atoms. The fourth-order valence-electron chi connectivity index (χ4n) is 8.69. The largest absolute Gasteiger partial charge is 0.508 e. The van der Waals surface area contributed by atoms with Gasteiger partial charge in [-0.3, -0.25) is 29.5 Å². The first kappa shape index (κ1) is 31.9. The number of aromatic hydroxyl groups is 1. The van der Waals surface area contributed by atoms with Crippen LogP contribution in [0, 0.1) is 34.2 Å². The molecule has 49 heavy (non-hydrogen) atoms. The van der Waals surface area contributed by atoms with Gasteiger partial charge in [0, 0.05) is 19.5 Å². The summed E-state index contributed by atoms with van der Waals surface area (Å²) in [6.45, 7) is 1.96. The summed E-state index contributed by atoms with van der Waals surface area (Å²) in [4.78, 5) is 59.6. The van der Waals surface area contributed by atoms with Gasteiger partial charge in [-0.25, -0.2) is 0 Å². The fraction of sp³-hybridized carbons (Fsp3) is 0.231. The van der Waals surface area contributed by atoms with Crippen LogP contribution in [0.1, 0.15) is 35.4 Å². The van der Waals surface area contributed by atoms with E-state index in [0.717, 1.165) is 19.7 Å². The molecule has 6 unspecified atom stereocenters. The molecule has 2 aliphatic carbocycles. The van der Waals surface area contributed by atoms with Crippen LogP contribution in [0.15, 0.2) is 113 Å². The van der Waals surface area contributed by atoms with Crippen LogP contribution in [-0.2, 0) is 24.6 Å². The molecule has 0 spiro atoms. The predicted molar refractivity (Wildman–Crippen MR) is 196 cm³/mol. The Morgan fingerprint density at radius 1 is 0.857 bits per heavy atom. The molecular formula is C39H31BrIN3O5. The number of halogens is 2. The molecule has 3 fully saturated rings. The SMILES string of the molecule is Cc1ccc(NN2C(=O)C3CC4C(=CCC5C(=O)N(c6ccc(I)cc6)C(=O)C54)C(c4cc(Br)ccc4O)C3(c3ccccc3)C2=O)cc1. The molecule has 10 heteroatoms. The van der Waals surface area contributed by atoms with Gasteiger partial charge < -0.3 is 5.11 Å². The van der Waals surface area contributed by atoms with Crippen molar-refractivity contribution in [1.29, 1.82) is 0 Å². The maximum Gasteiger partial charge on any atom is 0.260 e. The van der Waals surface area contributed by atoms with Crippen LogP contribution in [0.25, 0.3) is 0 Å². The minimum atomic E-state index is -1.45. The zero-order chi connectivity index (χ0) is 34.2. The molecule has 1 saturated carbocycles. The summed E-state index contributed by atoms with van der Waals surface area (Å²) in [5.74, 6) is -5.00. The molecule has 6 atom stereocenters. The third kappa shape index (κ3) is 4.81. The number of aryl methyl sites for hydroxylation is 1. The summed E-state index contributed by atoms with van der Waals surface area (Å²) in [6, 6.07) is 29.1. The van der Waals surface area contributed by atoms with Crippen LogP contribution in [0.3, 0.4) is 0 Å². The molecule has 2 aliphatic heterocycles. The number of imide groups is 2. The van der Waals surface area contributed by atoms with Crippen molar-refractivity contribution < 1.29 is 24.3 Å². The van der Waals surface area contributed by atoms with Crippen molar-refractivity contribution in [2.75, 3.05) is 10.3 Å². The first-order chi connectivity index (χ1) is 23.6. The Hall–Kier alpha value is -4.29. The van der Waals surface area contributed by atoms with Gasteiger partial charge in [0.1, 0.15) is 5.75 Å². The van der Waals surface area contributed by atoms with Crippen molar-refractivity contribution >= 4 is 73.5 Å². The van der Waals surface area contributed by atoms with Crippen LogP contribution >= 0.6 is 38.5 Å². The van der Waals surface area contributed by atoms with Crippen LogP contribution in [0.2, 0.25) is 0 Å². The van der Waals surface area contributed by atoms with Gasteiger partial charge in [0.2, 0.25) is 11.8 Å². The standard InChI is InChI=1S/C39H31BrIN3O5/c1-21-7-12-25(13-8-21)42-44-36(47)31-20-29-27(16-17-28-33(29)37(48)43(35(28)46)26-14-10-24(41)11-15-26)34(30-19-23(40)9-18-32(30)45)39(31,38(44)49)22-5-3-2-4-6-22/h2-16,18-19,28-29,31,33-34,42,45H,17,20H2,1H3. The monoisotopic (exact) mass is 827 g/mol. The number of rotatable bonds is 5. The summed E-state index contributed by atoms with van der Waals surface area (Å²) in [7, 11) is 0. The zero-order valence-corrected chi connectivity index (χ0v) is 30.1. The van der Waals surface area contributed by atoms with Gasteiger partial charge in [-0.05, 0) is 108 Å². The summed E-state index contributed by atoms with van der Waals surface area (Å²) >= 11 is 5.76. The lowest BCUT2D eigenvalue weighted by atomic mass is 9.49. The van der Waals surface area contributed by atoms with Gasteiger partial charge >= 0.3 is 0 Å². The number of hydrazine groups is 1. The number of benzene rings is 4. The van der Waals surface area contributed by atoms with Gasteiger partial charge in [0.25, 0.3) is 11.8 Å². The highest BCUT2D eigenvalue weighted by atomic mass is 127. The maximum atomic E-state index is 15.2. The highest BCUT2D eigenvalue weighted by Gasteiger charge is 2.70. The number of anilines is 2. The Balaban J connectivity index is 1.33. The predicted octanol–water partition coefficient (Wildman–Crippen LogP) is 7.26. The topological polar surface area (TPSA) is 107 Å². The minimum Gasteiger partial charge on any atom is -0.508 e. The van der Waals surface area contributed by atoms with Crippen molar-refractivity contribution in [3.8, 4) is 5.75 Å². The van der Waals surface area contributed by atoms with E-state index in [-0.39, 0.29) is 24.0 Å². The van der Waals surface area contributed by atoms with Gasteiger partial charge in [0.15, 0.2) is 0 Å². The maximum absolute atomic E-state index is 15.2. The number of hydrogen-bond donors (Lipinski definition) is 2. The Morgan fingerprint density at radius 2 is 1.57 bits per heavy atom. The number of amides is 4. The van der Waals surface area contributed by atoms with E-state index in [0.29, 0.717) is 33.4 Å². The van der Waals surface area contributed by atoms with Crippen molar-refractivity contribution in [2.24, 2.45) is 23.7 Å². The van der Waals surface area contributed by atoms with Gasteiger partial charge in [-0.1, -0.05) is 75.6 Å². The molecule has 0 aromatic heterocycles. The number of phenols is 1. The normalized spacial score (nSPS) is 27.5. The molecule has 246 valence electrons. The van der Waals surface area contributed by atoms with Gasteiger partial charge in [0.05, 0.1) is 34.5 Å². The summed E-state index contributed by atoms with van der Waals surface area (Å²) < 4.78 is 1.68. The average molecular weight is 829 g/mol. The van der Waals surface area contributed by atoms with Crippen molar-refractivity contribution in [1.82, 2.24) is 5.01 Å². The lowest BCUT2D eigenvalue weighted by molar-refractivity contribution is -0.138. The van der Waals surface area contributed by atoms with Crippen LogP contribution in [0.4, 0.5) is 11.4 Å². The van der Waals surface area contributed by atoms with E-state index in [9.17, 15) is 19.5 Å². The summed E-state index contributed by atoms with van der Waals surface area (Å²) in [5.41, 5.74) is 5.69. The molecule has 2 saturated heterocycles. The molecule has 2 N–H and O–H groups in total. The Labute approximate surface area is 305 Å². The van der Waals surface area contributed by atoms with E-state index in [2.05, 4.69) is 43.9 Å². The quantitative estimate of drug-likeness (QED) is 0.125. The van der Waals surface area contributed by atoms with Crippen LogP contribution in [-0.4, -0.2) is 33.7 Å². The van der Waals surface area contributed by atoms with E-state index in [4.69, 9.17) is 0 Å². The molecule has 8 nitrogen and oxygen atoms in total. The number of allylic oxidation sites excluding steroid dienone is 2. The number of fused-ring (bicyclic) bond motifs is 4. The minimum absolute atomic E-state index is 0.0227. The first-order valence-electron chi connectivity index (χ1n) is 16.2. The molecule has 0 radical (unpaired) electrons. The Kier molecular flexibility index (Phi) is 7.79. The van der Waals surface area contributed by atoms with Crippen molar-refractivity contribution in [3.63, 3.8) is 0 Å². The second-order valence-electron chi connectivity index (χ2n) is 13.3. The highest BCUT2D eigenvalue weighted by Crippen LogP contribution is 2.65. The zero-order valence-electron chi connectivity index (χ0n) is 26.3. The molecule has 4 aromatic rings. The third-order valence-electron chi connectivity index (χ3n) is 10.8. The highest BCUT2D eigenvalue weighted by molar-refractivity contribution is 14.1. The lowest BCUT2D eigenvalue weighted by Gasteiger charge is -2.50. The van der Waals surface area contributed by atoms with E-state index in [1.165, 1.54) is 4.90 Å². The number of nitrogens with zero attached hydrogens (tertiary/aromatic N) is 2. The van der Waals surface area contributed by atoms with Crippen molar-refractivity contribution in [2.45, 2.75) is 31.1 Å². The number of nitrogens with one attached hydrogen (secondary N) is 1. The summed E-state index contributed by atoms with van der Waals surface area (Å²) in [5, 5.41) is 12.7. The Morgan fingerprint density at radius 3 is 2.29 bits per heavy atom. The Bertz CT molecular complexity index is 2070. The van der Waals surface area contributed by atoms with E-state index >= 15 is 4.79 Å². The smallest absolute Gasteiger partial charge is 0.260 e. The number of phenolic OH excluding ortho intramolecular Hbond substituents is 1. The lowest BCUT2D eigenvalue weighted by Crippen LogP contribution is -2.53. The van der Waals surface area contributed by atoms with E-state index in [1.807, 2.05) is 79.7 Å². The van der Waals surface area contributed by atoms with E-state index in [1.54, 1.807) is 30.3 Å². The molecule has 4 aromatic carbocycles. The number of carbonyl (C=O) groups excluding carboxylic acids is 4. The summed E-state index contributed by atoms with van der Waals surface area (Å²) in [6.07, 6.45) is 2.48. The molecule has 4 aliphatic rings. The number of hydrogen-bond acceptors (Lipinski definition) is 6. The molecule has 4 amide bonds. The average Bonchev–Trinajstić information content (AvgIpc) is 3.48. The molecular weight excluding hydrogens is 797 g/mol. The second kappa shape index (κ2) is 11.9. The van der Waals surface area contributed by atoms with E-state index < -0.39 is 46.8 Å². The number of carbonyl (C=O) groups is 4. The molecule has 2 heterocycles. The van der Waals surface area contributed by atoms with Gasteiger partial charge in [-0.15, -0.1) is 0 Å². The third-order valence-corrected chi connectivity index (χ3v) is 12.0.